The first kappa shape index (κ1) is 21.4. The Morgan fingerprint density at radius 2 is 1.50 bits per heavy atom. The fourth-order valence-corrected chi connectivity index (χ4v) is 3.38. The molecule has 7 nitrogen and oxygen atoms in total. The predicted molar refractivity (Wildman–Crippen MR) is 119 cm³/mol. The Morgan fingerprint density at radius 3 is 2.20 bits per heavy atom. The van der Waals surface area contributed by atoms with E-state index >= 15 is 0 Å². The van der Waals surface area contributed by atoms with Gasteiger partial charge in [0.15, 0.2) is 0 Å². The van der Waals surface area contributed by atoms with Gasteiger partial charge < -0.3 is 20.9 Å². The maximum Gasteiger partial charge on any atom is 0.253 e. The highest BCUT2D eigenvalue weighted by Crippen LogP contribution is 2.17. The van der Waals surface area contributed by atoms with Gasteiger partial charge in [-0.1, -0.05) is 19.1 Å². The van der Waals surface area contributed by atoms with E-state index in [4.69, 9.17) is 0 Å². The summed E-state index contributed by atoms with van der Waals surface area (Å²) >= 11 is 0. The second-order valence-corrected chi connectivity index (χ2v) is 7.36. The van der Waals surface area contributed by atoms with Crippen molar-refractivity contribution < 1.29 is 14.4 Å². The van der Waals surface area contributed by atoms with Crippen molar-refractivity contribution >= 4 is 34.8 Å². The number of carbonyl (C=O) groups excluding carboxylic acids is 3. The largest absolute Gasteiger partial charge is 0.376 e. The minimum atomic E-state index is -0.219. The van der Waals surface area contributed by atoms with Gasteiger partial charge >= 0.3 is 0 Å². The lowest BCUT2D eigenvalue weighted by Crippen LogP contribution is -2.27. The fourth-order valence-electron chi connectivity index (χ4n) is 3.38. The van der Waals surface area contributed by atoms with Gasteiger partial charge in [-0.15, -0.1) is 0 Å². The minimum absolute atomic E-state index is 0.0301. The molecule has 0 atom stereocenters. The number of nitrogens with one attached hydrogen (secondary N) is 3. The van der Waals surface area contributed by atoms with Crippen LogP contribution in [0.5, 0.6) is 0 Å². The Bertz CT molecular complexity index is 907. The van der Waals surface area contributed by atoms with Crippen molar-refractivity contribution in [2.75, 3.05) is 35.6 Å². The van der Waals surface area contributed by atoms with Crippen molar-refractivity contribution in [3.63, 3.8) is 0 Å². The van der Waals surface area contributed by atoms with Crippen LogP contribution in [0.2, 0.25) is 0 Å². The van der Waals surface area contributed by atoms with E-state index < -0.39 is 0 Å². The molecule has 0 unspecified atom stereocenters. The monoisotopic (exact) mass is 408 g/mol. The molecule has 30 heavy (non-hydrogen) atoms. The van der Waals surface area contributed by atoms with Gasteiger partial charge in [-0.2, -0.15) is 0 Å². The van der Waals surface area contributed by atoms with Crippen LogP contribution in [0.25, 0.3) is 0 Å². The van der Waals surface area contributed by atoms with E-state index in [0.29, 0.717) is 23.4 Å². The highest BCUT2D eigenvalue weighted by Gasteiger charge is 2.19. The Kier molecular flexibility index (Phi) is 7.43. The Hall–Kier alpha value is -3.35. The molecule has 0 radical (unpaired) electrons. The number of benzene rings is 2. The first-order valence-corrected chi connectivity index (χ1v) is 10.4. The van der Waals surface area contributed by atoms with Gasteiger partial charge in [0.2, 0.25) is 11.8 Å². The summed E-state index contributed by atoms with van der Waals surface area (Å²) in [5.41, 5.74) is 2.59. The van der Waals surface area contributed by atoms with Crippen molar-refractivity contribution in [3.05, 3.63) is 54.1 Å². The number of hydrogen-bond acceptors (Lipinski definition) is 4. The van der Waals surface area contributed by atoms with Crippen LogP contribution in [-0.4, -0.2) is 42.3 Å². The Morgan fingerprint density at radius 1 is 0.867 bits per heavy atom. The number of anilines is 3. The maximum atomic E-state index is 12.5. The third-order valence-electron chi connectivity index (χ3n) is 4.86. The third kappa shape index (κ3) is 6.07. The zero-order valence-electron chi connectivity index (χ0n) is 17.2. The minimum Gasteiger partial charge on any atom is -0.376 e. The molecule has 1 heterocycles. The van der Waals surface area contributed by atoms with Crippen LogP contribution in [0.1, 0.15) is 43.0 Å². The molecule has 0 bridgehead atoms. The molecular weight excluding hydrogens is 380 g/mol. The van der Waals surface area contributed by atoms with Crippen LogP contribution in [0.3, 0.4) is 0 Å². The highest BCUT2D eigenvalue weighted by molar-refractivity contribution is 5.97. The molecule has 0 aliphatic carbocycles. The lowest BCUT2D eigenvalue weighted by molar-refractivity contribution is -0.116. The topological polar surface area (TPSA) is 90.5 Å². The lowest BCUT2D eigenvalue weighted by atomic mass is 10.1. The second kappa shape index (κ2) is 10.4. The molecule has 3 N–H and O–H groups in total. The molecule has 158 valence electrons. The number of rotatable bonds is 8. The molecule has 2 aromatic rings. The van der Waals surface area contributed by atoms with Gasteiger partial charge in [0.05, 0.1) is 6.54 Å². The third-order valence-corrected chi connectivity index (χ3v) is 4.86. The first-order chi connectivity index (χ1) is 14.5. The van der Waals surface area contributed by atoms with Gasteiger partial charge in [-0.05, 0) is 55.7 Å². The summed E-state index contributed by atoms with van der Waals surface area (Å²) in [5, 5.41) is 8.69. The van der Waals surface area contributed by atoms with E-state index in [2.05, 4.69) is 16.0 Å². The average molecular weight is 409 g/mol. The summed E-state index contributed by atoms with van der Waals surface area (Å²) in [6.45, 7) is 3.61. The Balaban J connectivity index is 1.53. The normalized spacial score (nSPS) is 13.0. The van der Waals surface area contributed by atoms with Crippen LogP contribution in [-0.2, 0) is 9.59 Å². The standard InChI is InChI=1S/C23H28N4O3/c1-2-7-21(28)25-19-10-6-11-20(15-19)26-22(29)16-24-18-9-5-8-17(14-18)23(30)27-12-3-4-13-27/h5-6,8-11,14-15,24H,2-4,7,12-13,16H2,1H3,(H,25,28)(H,26,29). The SMILES string of the molecule is CCCC(=O)Nc1cccc(NC(=O)CNc2cccc(C(=O)N3CCCC3)c2)c1. The van der Waals surface area contributed by atoms with Crippen LogP contribution in [0.4, 0.5) is 17.1 Å². The predicted octanol–water partition coefficient (Wildman–Crippen LogP) is 3.71. The Labute approximate surface area is 176 Å². The zero-order valence-corrected chi connectivity index (χ0v) is 17.2. The summed E-state index contributed by atoms with van der Waals surface area (Å²) < 4.78 is 0. The molecule has 1 saturated heterocycles. The smallest absolute Gasteiger partial charge is 0.253 e. The molecule has 0 spiro atoms. The molecule has 1 aliphatic heterocycles. The van der Waals surface area contributed by atoms with Crippen molar-refractivity contribution in [1.82, 2.24) is 4.90 Å². The molecule has 2 aromatic carbocycles. The van der Waals surface area contributed by atoms with Crippen molar-refractivity contribution in [2.45, 2.75) is 32.6 Å². The van der Waals surface area contributed by atoms with Crippen LogP contribution in [0, 0.1) is 0 Å². The maximum absolute atomic E-state index is 12.5. The van der Waals surface area contributed by atoms with E-state index in [0.717, 1.165) is 38.0 Å². The molecule has 7 heteroatoms. The number of hydrogen-bond donors (Lipinski definition) is 3. The molecule has 0 aromatic heterocycles. The summed E-state index contributed by atoms with van der Waals surface area (Å²) in [6, 6.07) is 14.3. The van der Waals surface area contributed by atoms with Gasteiger partial charge in [0.25, 0.3) is 5.91 Å². The molecule has 3 amide bonds. The highest BCUT2D eigenvalue weighted by atomic mass is 16.2. The zero-order chi connectivity index (χ0) is 21.3. The van der Waals surface area contributed by atoms with E-state index in [1.165, 1.54) is 0 Å². The van der Waals surface area contributed by atoms with Crippen LogP contribution in [0.15, 0.2) is 48.5 Å². The molecule has 1 fully saturated rings. The van der Waals surface area contributed by atoms with Crippen LogP contribution >= 0.6 is 0 Å². The quantitative estimate of drug-likeness (QED) is 0.621. The fraction of sp³-hybridized carbons (Fsp3) is 0.348. The number of amides is 3. The van der Waals surface area contributed by atoms with E-state index in [9.17, 15) is 14.4 Å². The summed E-state index contributed by atoms with van der Waals surface area (Å²) in [6.07, 6.45) is 3.33. The number of nitrogens with zero attached hydrogens (tertiary/aromatic N) is 1. The van der Waals surface area contributed by atoms with Gasteiger partial charge in [0.1, 0.15) is 0 Å². The van der Waals surface area contributed by atoms with E-state index in [-0.39, 0.29) is 24.3 Å². The van der Waals surface area contributed by atoms with Gasteiger partial charge in [-0.25, -0.2) is 0 Å². The number of carbonyl (C=O) groups is 3. The summed E-state index contributed by atoms with van der Waals surface area (Å²) in [4.78, 5) is 38.4. The van der Waals surface area contributed by atoms with E-state index in [1.807, 2.05) is 24.0 Å². The van der Waals surface area contributed by atoms with Crippen LogP contribution < -0.4 is 16.0 Å². The molecule has 1 aliphatic rings. The molecular formula is C23H28N4O3. The van der Waals surface area contributed by atoms with Gasteiger partial charge in [-0.3, -0.25) is 14.4 Å². The number of likely N-dealkylation sites (tertiary alicyclic amines) is 1. The second-order valence-electron chi connectivity index (χ2n) is 7.36. The van der Waals surface area contributed by atoms with E-state index in [1.54, 1.807) is 36.4 Å². The lowest BCUT2D eigenvalue weighted by Gasteiger charge is -2.16. The first-order valence-electron chi connectivity index (χ1n) is 10.4. The summed E-state index contributed by atoms with van der Waals surface area (Å²) in [7, 11) is 0. The molecule has 3 rings (SSSR count). The average Bonchev–Trinajstić information content (AvgIpc) is 3.27. The van der Waals surface area contributed by atoms with Crippen molar-refractivity contribution in [2.24, 2.45) is 0 Å². The molecule has 0 saturated carbocycles. The van der Waals surface area contributed by atoms with Gasteiger partial charge in [0, 0.05) is 42.1 Å². The van der Waals surface area contributed by atoms with Crippen molar-refractivity contribution in [1.29, 1.82) is 0 Å². The van der Waals surface area contributed by atoms with Crippen molar-refractivity contribution in [3.8, 4) is 0 Å². The summed E-state index contributed by atoms with van der Waals surface area (Å²) in [5.74, 6) is -0.239.